The molecule has 2 unspecified atom stereocenters. The molecular formula is C17H20ClFN4O. The van der Waals surface area contributed by atoms with Crippen molar-refractivity contribution >= 4 is 23.3 Å². The zero-order valence-corrected chi connectivity index (χ0v) is 14.0. The number of nitrogens with two attached hydrogens (primary N) is 1. The molecule has 1 aliphatic rings. The number of rotatable bonds is 4. The number of nitrogens with one attached hydrogen (secondary N) is 1. The predicted octanol–water partition coefficient (Wildman–Crippen LogP) is 3.18. The molecule has 0 spiro atoms. The molecule has 3 rings (SSSR count). The highest BCUT2D eigenvalue weighted by Gasteiger charge is 2.25. The molecule has 1 saturated carbocycles. The van der Waals surface area contributed by atoms with E-state index in [0.29, 0.717) is 18.8 Å². The summed E-state index contributed by atoms with van der Waals surface area (Å²) in [7, 11) is 0. The van der Waals surface area contributed by atoms with Crippen LogP contribution in [0, 0.1) is 11.7 Å². The van der Waals surface area contributed by atoms with Gasteiger partial charge in [-0.2, -0.15) is 5.10 Å². The number of nitrogens with zero attached hydrogens (tertiary/aromatic N) is 2. The van der Waals surface area contributed by atoms with Crippen molar-refractivity contribution in [3.63, 3.8) is 0 Å². The van der Waals surface area contributed by atoms with Crippen LogP contribution in [0.5, 0.6) is 0 Å². The molecule has 1 fully saturated rings. The van der Waals surface area contributed by atoms with Gasteiger partial charge in [0, 0.05) is 18.0 Å². The van der Waals surface area contributed by atoms with Gasteiger partial charge in [-0.25, -0.2) is 9.07 Å². The van der Waals surface area contributed by atoms with Crippen molar-refractivity contribution in [1.82, 2.24) is 9.78 Å². The summed E-state index contributed by atoms with van der Waals surface area (Å²) in [6.07, 6.45) is 5.12. The maximum absolute atomic E-state index is 13.6. The van der Waals surface area contributed by atoms with E-state index in [-0.39, 0.29) is 22.9 Å². The minimum Gasteiger partial charge on any atom is -0.328 e. The normalized spacial score (nSPS) is 20.8. The molecule has 3 N–H and O–H groups in total. The highest BCUT2D eigenvalue weighted by molar-refractivity contribution is 6.30. The average Bonchev–Trinajstić information content (AvgIpc) is 2.98. The molecule has 2 atom stereocenters. The van der Waals surface area contributed by atoms with Crippen molar-refractivity contribution in [3.8, 4) is 0 Å². The third-order valence-electron chi connectivity index (χ3n) is 4.37. The third kappa shape index (κ3) is 3.94. The van der Waals surface area contributed by atoms with Gasteiger partial charge in [0.2, 0.25) is 5.91 Å². The molecule has 1 aromatic carbocycles. The molecule has 24 heavy (non-hydrogen) atoms. The van der Waals surface area contributed by atoms with Crippen LogP contribution in [0.4, 0.5) is 10.2 Å². The predicted molar refractivity (Wildman–Crippen MR) is 91.3 cm³/mol. The van der Waals surface area contributed by atoms with Crippen molar-refractivity contribution in [2.75, 3.05) is 5.32 Å². The van der Waals surface area contributed by atoms with E-state index in [1.165, 1.54) is 12.1 Å². The Morgan fingerprint density at radius 1 is 1.42 bits per heavy atom. The van der Waals surface area contributed by atoms with Gasteiger partial charge in [-0.15, -0.1) is 0 Å². The largest absolute Gasteiger partial charge is 0.328 e. The maximum atomic E-state index is 13.6. The molecule has 1 heterocycles. The Labute approximate surface area is 145 Å². The lowest BCUT2D eigenvalue weighted by Crippen LogP contribution is -2.34. The van der Waals surface area contributed by atoms with E-state index in [1.54, 1.807) is 23.0 Å². The van der Waals surface area contributed by atoms with Gasteiger partial charge in [-0.3, -0.25) is 4.79 Å². The second kappa shape index (κ2) is 7.32. The van der Waals surface area contributed by atoms with Gasteiger partial charge in [0.1, 0.15) is 11.6 Å². The Morgan fingerprint density at radius 3 is 3.00 bits per heavy atom. The van der Waals surface area contributed by atoms with Crippen LogP contribution in [0.2, 0.25) is 5.02 Å². The van der Waals surface area contributed by atoms with E-state index in [4.69, 9.17) is 17.3 Å². The number of amides is 1. The minimum atomic E-state index is -0.469. The number of benzene rings is 1. The molecule has 0 radical (unpaired) electrons. The zero-order chi connectivity index (χ0) is 17.1. The summed E-state index contributed by atoms with van der Waals surface area (Å²) in [6, 6.07) is 6.44. The number of hydrogen-bond acceptors (Lipinski definition) is 3. The van der Waals surface area contributed by atoms with Gasteiger partial charge in [0.25, 0.3) is 0 Å². The molecule has 1 aliphatic carbocycles. The Bertz CT molecular complexity index is 733. The average molecular weight is 351 g/mol. The van der Waals surface area contributed by atoms with Gasteiger partial charge in [-0.05, 0) is 37.0 Å². The van der Waals surface area contributed by atoms with E-state index >= 15 is 0 Å². The SMILES string of the molecule is NC1CCCC(C(=O)Nc2ccnn2Cc2ccc(Cl)c(F)c2)C1. The van der Waals surface area contributed by atoms with Crippen LogP contribution < -0.4 is 11.1 Å². The molecule has 1 amide bonds. The summed E-state index contributed by atoms with van der Waals surface area (Å²) >= 11 is 5.70. The lowest BCUT2D eigenvalue weighted by atomic mass is 9.85. The second-order valence-electron chi connectivity index (χ2n) is 6.24. The summed E-state index contributed by atoms with van der Waals surface area (Å²) in [5.74, 6) is 0.0249. The molecule has 1 aromatic heterocycles. The van der Waals surface area contributed by atoms with Gasteiger partial charge >= 0.3 is 0 Å². The van der Waals surface area contributed by atoms with Crippen molar-refractivity contribution in [2.24, 2.45) is 11.7 Å². The zero-order valence-electron chi connectivity index (χ0n) is 13.2. The van der Waals surface area contributed by atoms with Gasteiger partial charge in [0.15, 0.2) is 0 Å². The lowest BCUT2D eigenvalue weighted by Gasteiger charge is -2.25. The molecular weight excluding hydrogens is 331 g/mol. The van der Waals surface area contributed by atoms with Crippen molar-refractivity contribution < 1.29 is 9.18 Å². The van der Waals surface area contributed by atoms with E-state index in [9.17, 15) is 9.18 Å². The fourth-order valence-electron chi connectivity index (χ4n) is 3.07. The number of carbonyl (C=O) groups excluding carboxylic acids is 1. The Morgan fingerprint density at radius 2 is 2.25 bits per heavy atom. The fraction of sp³-hybridized carbons (Fsp3) is 0.412. The van der Waals surface area contributed by atoms with Crippen LogP contribution in [-0.4, -0.2) is 21.7 Å². The highest BCUT2D eigenvalue weighted by atomic mass is 35.5. The van der Waals surface area contributed by atoms with Crippen LogP contribution in [-0.2, 0) is 11.3 Å². The third-order valence-corrected chi connectivity index (χ3v) is 4.68. The van der Waals surface area contributed by atoms with E-state index < -0.39 is 5.82 Å². The quantitative estimate of drug-likeness (QED) is 0.889. The monoisotopic (exact) mass is 350 g/mol. The first-order chi connectivity index (χ1) is 11.5. The van der Waals surface area contributed by atoms with Crippen LogP contribution in [0.15, 0.2) is 30.5 Å². The smallest absolute Gasteiger partial charge is 0.228 e. The molecule has 0 bridgehead atoms. The number of halogens is 2. The molecule has 2 aromatic rings. The molecule has 5 nitrogen and oxygen atoms in total. The van der Waals surface area contributed by atoms with E-state index in [0.717, 1.165) is 24.8 Å². The first-order valence-corrected chi connectivity index (χ1v) is 8.43. The van der Waals surface area contributed by atoms with Crippen LogP contribution >= 0.6 is 11.6 Å². The maximum Gasteiger partial charge on any atom is 0.228 e. The van der Waals surface area contributed by atoms with E-state index in [1.807, 2.05) is 0 Å². The van der Waals surface area contributed by atoms with Crippen LogP contribution in [0.1, 0.15) is 31.2 Å². The summed E-state index contributed by atoms with van der Waals surface area (Å²) in [6.45, 7) is 0.348. The van der Waals surface area contributed by atoms with Crippen molar-refractivity contribution in [3.05, 3.63) is 46.9 Å². The van der Waals surface area contributed by atoms with Gasteiger partial charge in [-0.1, -0.05) is 24.1 Å². The topological polar surface area (TPSA) is 72.9 Å². The summed E-state index contributed by atoms with van der Waals surface area (Å²) in [4.78, 5) is 12.4. The second-order valence-corrected chi connectivity index (χ2v) is 6.64. The fourth-order valence-corrected chi connectivity index (χ4v) is 3.19. The minimum absolute atomic E-state index is 0.0332. The number of carbonyl (C=O) groups is 1. The van der Waals surface area contributed by atoms with Crippen LogP contribution in [0.3, 0.4) is 0 Å². The van der Waals surface area contributed by atoms with Crippen molar-refractivity contribution in [2.45, 2.75) is 38.3 Å². The first-order valence-electron chi connectivity index (χ1n) is 8.05. The number of aromatic nitrogens is 2. The Kier molecular flexibility index (Phi) is 5.16. The number of anilines is 1. The number of hydrogen-bond donors (Lipinski definition) is 2. The summed E-state index contributed by atoms with van der Waals surface area (Å²) in [5, 5.41) is 7.20. The Hall–Kier alpha value is -1.92. The standard InChI is InChI=1S/C17H20ClFN4O/c18-14-5-4-11(8-15(14)19)10-23-16(6-7-21-23)22-17(24)12-2-1-3-13(20)9-12/h4-8,12-13H,1-3,9-10,20H2,(H,22,24). The van der Waals surface area contributed by atoms with Gasteiger partial charge in [0.05, 0.1) is 17.8 Å². The molecule has 0 aliphatic heterocycles. The highest BCUT2D eigenvalue weighted by Crippen LogP contribution is 2.25. The van der Waals surface area contributed by atoms with Crippen molar-refractivity contribution in [1.29, 1.82) is 0 Å². The Balaban J connectivity index is 1.68. The summed E-state index contributed by atoms with van der Waals surface area (Å²) in [5.41, 5.74) is 6.67. The van der Waals surface area contributed by atoms with Crippen LogP contribution in [0.25, 0.3) is 0 Å². The molecule has 0 saturated heterocycles. The molecule has 128 valence electrons. The molecule has 7 heteroatoms. The lowest BCUT2D eigenvalue weighted by molar-refractivity contribution is -0.120. The van der Waals surface area contributed by atoms with E-state index in [2.05, 4.69) is 10.4 Å². The summed E-state index contributed by atoms with van der Waals surface area (Å²) < 4.78 is 15.2. The first kappa shape index (κ1) is 16.9. The van der Waals surface area contributed by atoms with Gasteiger partial charge < -0.3 is 11.1 Å².